The van der Waals surface area contributed by atoms with Gasteiger partial charge in [0.1, 0.15) is 18.0 Å². The first-order valence-electron chi connectivity index (χ1n) is 9.80. The molecule has 0 spiro atoms. The Morgan fingerprint density at radius 3 is 2.48 bits per heavy atom. The third-order valence-electron chi connectivity index (χ3n) is 5.25. The molecule has 7 heteroatoms. The summed E-state index contributed by atoms with van der Waals surface area (Å²) in [5.41, 5.74) is 2.17. The summed E-state index contributed by atoms with van der Waals surface area (Å²) < 4.78 is 10.7. The molecule has 1 aliphatic heterocycles. The zero-order valence-electron chi connectivity index (χ0n) is 17.3. The number of rotatable bonds is 7. The van der Waals surface area contributed by atoms with E-state index in [0.717, 1.165) is 58.9 Å². The largest absolute Gasteiger partial charge is 0.497 e. The van der Waals surface area contributed by atoms with Gasteiger partial charge in [-0.25, -0.2) is 0 Å². The van der Waals surface area contributed by atoms with E-state index in [0.29, 0.717) is 13.1 Å². The number of anilines is 1. The summed E-state index contributed by atoms with van der Waals surface area (Å²) in [5, 5.41) is 0.736. The molecule has 6 nitrogen and oxygen atoms in total. The number of benzene rings is 2. The monoisotopic (exact) mass is 418 g/mol. The molecule has 1 atom stereocenters. The van der Waals surface area contributed by atoms with Gasteiger partial charge in [0.2, 0.25) is 0 Å². The molecule has 156 valence electrons. The lowest BCUT2D eigenvalue weighted by Gasteiger charge is -2.36. The van der Waals surface area contributed by atoms with Gasteiger partial charge < -0.3 is 24.2 Å². The van der Waals surface area contributed by atoms with Gasteiger partial charge in [0, 0.05) is 48.5 Å². The molecule has 1 amide bonds. The van der Waals surface area contributed by atoms with Crippen molar-refractivity contribution < 1.29 is 19.2 Å². The second-order valence-corrected chi connectivity index (χ2v) is 7.77. The Balaban J connectivity index is 1.52. The molecule has 1 unspecified atom stereocenters. The Kier molecular flexibility index (Phi) is 7.23. The van der Waals surface area contributed by atoms with Gasteiger partial charge in [-0.15, -0.1) is 0 Å². The SMILES string of the molecule is COc1ccc(C[NH+](C)CC(=O)N2CCN(c3cccc(Cl)c3)CC2)c(OC)c1. The van der Waals surface area contributed by atoms with Gasteiger partial charge in [-0.3, -0.25) is 4.79 Å². The third-order valence-corrected chi connectivity index (χ3v) is 5.48. The zero-order valence-corrected chi connectivity index (χ0v) is 18.0. The van der Waals surface area contributed by atoms with Crippen LogP contribution in [0, 0.1) is 0 Å². The summed E-state index contributed by atoms with van der Waals surface area (Å²) in [6.45, 7) is 4.25. The number of carbonyl (C=O) groups excluding carboxylic acids is 1. The predicted octanol–water partition coefficient (Wildman–Crippen LogP) is 1.72. The smallest absolute Gasteiger partial charge is 0.277 e. The fourth-order valence-electron chi connectivity index (χ4n) is 3.64. The number of methoxy groups -OCH3 is 2. The standard InChI is InChI=1S/C22H28ClN3O3/c1-24(15-17-7-8-20(28-2)14-21(17)29-3)16-22(27)26-11-9-25(10-12-26)19-6-4-5-18(23)13-19/h4-8,13-14H,9-12,15-16H2,1-3H3/p+1. The number of quaternary nitrogens is 1. The summed E-state index contributed by atoms with van der Waals surface area (Å²) in [6.07, 6.45) is 0. The van der Waals surface area contributed by atoms with Crippen LogP contribution in [0.25, 0.3) is 0 Å². The van der Waals surface area contributed by atoms with Crippen molar-refractivity contribution >= 4 is 23.2 Å². The summed E-state index contributed by atoms with van der Waals surface area (Å²) in [4.78, 5) is 18.1. The molecule has 2 aromatic carbocycles. The van der Waals surface area contributed by atoms with Crippen molar-refractivity contribution in [2.75, 3.05) is 58.9 Å². The van der Waals surface area contributed by atoms with Crippen LogP contribution < -0.4 is 19.3 Å². The summed E-state index contributed by atoms with van der Waals surface area (Å²) in [6, 6.07) is 13.7. The number of likely N-dealkylation sites (N-methyl/N-ethyl adjacent to an activating group) is 1. The number of hydrogen-bond acceptors (Lipinski definition) is 4. The first-order valence-corrected chi connectivity index (χ1v) is 10.2. The van der Waals surface area contributed by atoms with Crippen LogP contribution in [0.4, 0.5) is 5.69 Å². The maximum Gasteiger partial charge on any atom is 0.277 e. The van der Waals surface area contributed by atoms with Crippen LogP contribution in [0.1, 0.15) is 5.56 Å². The van der Waals surface area contributed by atoms with Gasteiger partial charge >= 0.3 is 0 Å². The number of halogens is 1. The highest BCUT2D eigenvalue weighted by Gasteiger charge is 2.24. The Hall–Kier alpha value is -2.44. The second kappa shape index (κ2) is 9.85. The highest BCUT2D eigenvalue weighted by molar-refractivity contribution is 6.30. The van der Waals surface area contributed by atoms with Gasteiger partial charge in [0.05, 0.1) is 21.3 Å². The first-order chi connectivity index (χ1) is 14.0. The average Bonchev–Trinajstić information content (AvgIpc) is 2.74. The van der Waals surface area contributed by atoms with Crippen molar-refractivity contribution in [2.24, 2.45) is 0 Å². The summed E-state index contributed by atoms with van der Waals surface area (Å²) in [5.74, 6) is 1.73. The van der Waals surface area contributed by atoms with Crippen LogP contribution in [0.15, 0.2) is 42.5 Å². The van der Waals surface area contributed by atoms with E-state index in [-0.39, 0.29) is 5.91 Å². The number of piperazine rings is 1. The molecule has 1 heterocycles. The second-order valence-electron chi connectivity index (χ2n) is 7.34. The molecular formula is C22H29ClN3O3+. The molecule has 2 aromatic rings. The van der Waals surface area contributed by atoms with Crippen LogP contribution in [0.3, 0.4) is 0 Å². The van der Waals surface area contributed by atoms with E-state index in [2.05, 4.69) is 11.0 Å². The summed E-state index contributed by atoms with van der Waals surface area (Å²) >= 11 is 6.10. The van der Waals surface area contributed by atoms with E-state index in [1.54, 1.807) is 14.2 Å². The fraction of sp³-hybridized carbons (Fsp3) is 0.409. The van der Waals surface area contributed by atoms with E-state index in [9.17, 15) is 4.79 Å². The van der Waals surface area contributed by atoms with E-state index < -0.39 is 0 Å². The fourth-order valence-corrected chi connectivity index (χ4v) is 3.83. The van der Waals surface area contributed by atoms with E-state index in [1.807, 2.05) is 48.3 Å². The van der Waals surface area contributed by atoms with E-state index in [1.165, 1.54) is 0 Å². The van der Waals surface area contributed by atoms with Crippen molar-refractivity contribution in [2.45, 2.75) is 6.54 Å². The minimum atomic E-state index is 0.181. The normalized spacial score (nSPS) is 15.2. The van der Waals surface area contributed by atoms with Crippen molar-refractivity contribution in [1.29, 1.82) is 0 Å². The van der Waals surface area contributed by atoms with E-state index >= 15 is 0 Å². The molecule has 3 rings (SSSR count). The number of amides is 1. The maximum absolute atomic E-state index is 12.8. The molecule has 1 aliphatic rings. The predicted molar refractivity (Wildman–Crippen MR) is 115 cm³/mol. The van der Waals surface area contributed by atoms with Crippen LogP contribution in [-0.2, 0) is 11.3 Å². The Morgan fingerprint density at radius 1 is 1.07 bits per heavy atom. The first kappa shape index (κ1) is 21.3. The number of hydrogen-bond donors (Lipinski definition) is 1. The molecule has 29 heavy (non-hydrogen) atoms. The van der Waals surface area contributed by atoms with Crippen molar-refractivity contribution in [3.05, 3.63) is 53.1 Å². The molecule has 0 aromatic heterocycles. The van der Waals surface area contributed by atoms with E-state index in [4.69, 9.17) is 21.1 Å². The minimum absolute atomic E-state index is 0.181. The number of carbonyl (C=O) groups is 1. The van der Waals surface area contributed by atoms with Gasteiger partial charge in [-0.2, -0.15) is 0 Å². The molecule has 0 saturated carbocycles. The van der Waals surface area contributed by atoms with Crippen molar-refractivity contribution in [3.8, 4) is 11.5 Å². The Bertz CT molecular complexity index is 838. The number of nitrogens with one attached hydrogen (secondary N) is 1. The highest BCUT2D eigenvalue weighted by Crippen LogP contribution is 2.24. The molecular weight excluding hydrogens is 390 g/mol. The lowest BCUT2D eigenvalue weighted by molar-refractivity contribution is -0.885. The van der Waals surface area contributed by atoms with Crippen LogP contribution >= 0.6 is 11.6 Å². The number of ether oxygens (including phenoxy) is 2. The van der Waals surface area contributed by atoms with Crippen molar-refractivity contribution in [1.82, 2.24) is 4.90 Å². The lowest BCUT2D eigenvalue weighted by Crippen LogP contribution is -3.09. The minimum Gasteiger partial charge on any atom is -0.497 e. The quantitative estimate of drug-likeness (QED) is 0.743. The zero-order chi connectivity index (χ0) is 20.8. The summed E-state index contributed by atoms with van der Waals surface area (Å²) in [7, 11) is 5.32. The maximum atomic E-state index is 12.8. The molecule has 1 saturated heterocycles. The van der Waals surface area contributed by atoms with Gasteiger partial charge in [-0.1, -0.05) is 17.7 Å². The van der Waals surface area contributed by atoms with Crippen molar-refractivity contribution in [3.63, 3.8) is 0 Å². The van der Waals surface area contributed by atoms with Gasteiger partial charge in [0.25, 0.3) is 5.91 Å². The molecule has 1 fully saturated rings. The lowest BCUT2D eigenvalue weighted by atomic mass is 10.1. The third kappa shape index (κ3) is 5.55. The highest BCUT2D eigenvalue weighted by atomic mass is 35.5. The molecule has 0 bridgehead atoms. The molecule has 1 N–H and O–H groups in total. The van der Waals surface area contributed by atoms with Gasteiger partial charge in [0.15, 0.2) is 6.54 Å². The average molecular weight is 419 g/mol. The van der Waals surface area contributed by atoms with Crippen LogP contribution in [0.5, 0.6) is 11.5 Å². The number of nitrogens with zero attached hydrogens (tertiary/aromatic N) is 2. The Labute approximate surface area is 177 Å². The molecule has 0 radical (unpaired) electrons. The van der Waals surface area contributed by atoms with Gasteiger partial charge in [-0.05, 0) is 30.3 Å². The topological polar surface area (TPSA) is 46.5 Å². The molecule has 0 aliphatic carbocycles. The van der Waals surface area contributed by atoms with Crippen LogP contribution in [0.2, 0.25) is 5.02 Å². The Morgan fingerprint density at radius 2 is 1.83 bits per heavy atom. The van der Waals surface area contributed by atoms with Crippen LogP contribution in [-0.4, -0.2) is 64.8 Å².